The average molecular weight is 557 g/mol. The van der Waals surface area contributed by atoms with Crippen LogP contribution in [-0.2, 0) is 0 Å². The van der Waals surface area contributed by atoms with Gasteiger partial charge in [-0.3, -0.25) is 0 Å². The van der Waals surface area contributed by atoms with Crippen LogP contribution in [0, 0.1) is 0 Å². The first-order chi connectivity index (χ1) is 21.9. The molecule has 0 aliphatic rings. The molecule has 204 valence electrons. The van der Waals surface area contributed by atoms with Gasteiger partial charge in [-0.2, -0.15) is 0 Å². The maximum atomic E-state index is 2.33. The standard InChI is InChI=1S/C44H28/c1-4-18-32-29(13-1)16-11-25-35(32)41-28-27-31-15-3-6-20-34(31)43(41)44-39-23-9-7-21-37(39)42(38-22-8-10-24-40(38)44)36-26-12-17-30-14-2-5-19-33(30)36/h1-28H. The van der Waals surface area contributed by atoms with Crippen molar-refractivity contribution in [1.29, 1.82) is 0 Å². The van der Waals surface area contributed by atoms with Gasteiger partial charge in [0, 0.05) is 0 Å². The highest BCUT2D eigenvalue weighted by Crippen LogP contribution is 2.49. The van der Waals surface area contributed by atoms with Crippen molar-refractivity contribution >= 4 is 53.9 Å². The van der Waals surface area contributed by atoms with Crippen LogP contribution in [-0.4, -0.2) is 0 Å². The van der Waals surface area contributed by atoms with Gasteiger partial charge in [0.1, 0.15) is 0 Å². The van der Waals surface area contributed by atoms with Crippen molar-refractivity contribution in [2.75, 3.05) is 0 Å². The Labute approximate surface area is 256 Å². The van der Waals surface area contributed by atoms with E-state index in [4.69, 9.17) is 0 Å². The van der Waals surface area contributed by atoms with E-state index in [0.29, 0.717) is 0 Å². The van der Waals surface area contributed by atoms with Crippen LogP contribution in [0.2, 0.25) is 0 Å². The lowest BCUT2D eigenvalue weighted by molar-refractivity contribution is 1.66. The smallest absolute Gasteiger partial charge is 0.00139 e. The SMILES string of the molecule is c1ccc2c(-c3ccc4ccccc4c3-c3c4ccccc4c(-c4cccc5ccccc45)c4ccccc34)cccc2c1. The van der Waals surface area contributed by atoms with Crippen molar-refractivity contribution in [3.8, 4) is 33.4 Å². The number of rotatable bonds is 3. The zero-order valence-electron chi connectivity index (χ0n) is 24.2. The molecule has 0 N–H and O–H groups in total. The van der Waals surface area contributed by atoms with E-state index in [0.717, 1.165) is 0 Å². The summed E-state index contributed by atoms with van der Waals surface area (Å²) in [6.07, 6.45) is 0. The van der Waals surface area contributed by atoms with E-state index in [2.05, 4.69) is 170 Å². The van der Waals surface area contributed by atoms with Crippen LogP contribution in [0.25, 0.3) is 87.2 Å². The summed E-state index contributed by atoms with van der Waals surface area (Å²) in [4.78, 5) is 0. The van der Waals surface area contributed by atoms with Gasteiger partial charge in [-0.15, -0.1) is 0 Å². The summed E-state index contributed by atoms with van der Waals surface area (Å²) in [6.45, 7) is 0. The molecule has 0 fully saturated rings. The molecule has 0 aliphatic carbocycles. The summed E-state index contributed by atoms with van der Waals surface area (Å²) in [5.41, 5.74) is 7.66. The van der Waals surface area contributed by atoms with Crippen LogP contribution < -0.4 is 0 Å². The molecule has 0 aromatic heterocycles. The molecular formula is C44H28. The molecule has 0 bridgehead atoms. The highest BCUT2D eigenvalue weighted by atomic mass is 14.2. The van der Waals surface area contributed by atoms with Crippen molar-refractivity contribution in [1.82, 2.24) is 0 Å². The summed E-state index contributed by atoms with van der Waals surface area (Å²) in [5.74, 6) is 0. The normalized spacial score (nSPS) is 11.6. The lowest BCUT2D eigenvalue weighted by Crippen LogP contribution is -1.94. The second-order valence-corrected chi connectivity index (χ2v) is 11.6. The summed E-state index contributed by atoms with van der Waals surface area (Å²) in [5, 5.41) is 12.7. The van der Waals surface area contributed by atoms with Crippen molar-refractivity contribution < 1.29 is 0 Å². The summed E-state index contributed by atoms with van der Waals surface area (Å²) < 4.78 is 0. The van der Waals surface area contributed by atoms with Crippen molar-refractivity contribution in [3.63, 3.8) is 0 Å². The summed E-state index contributed by atoms with van der Waals surface area (Å²) in [7, 11) is 0. The number of hydrogen-bond donors (Lipinski definition) is 0. The minimum atomic E-state index is 1.25. The fraction of sp³-hybridized carbons (Fsp3) is 0. The second-order valence-electron chi connectivity index (χ2n) is 11.6. The van der Waals surface area contributed by atoms with Crippen LogP contribution in [0.1, 0.15) is 0 Å². The van der Waals surface area contributed by atoms with Crippen LogP contribution in [0.5, 0.6) is 0 Å². The van der Waals surface area contributed by atoms with Gasteiger partial charge in [0.05, 0.1) is 0 Å². The Morgan fingerprint density at radius 1 is 0.182 bits per heavy atom. The molecule has 9 rings (SSSR count). The third-order valence-corrected chi connectivity index (χ3v) is 9.25. The topological polar surface area (TPSA) is 0 Å². The maximum Gasteiger partial charge on any atom is -0.00139 e. The van der Waals surface area contributed by atoms with E-state index in [9.17, 15) is 0 Å². The molecule has 0 spiro atoms. The first kappa shape index (κ1) is 24.8. The lowest BCUT2D eigenvalue weighted by Gasteiger charge is -2.22. The average Bonchev–Trinajstić information content (AvgIpc) is 3.10. The molecular weight excluding hydrogens is 528 g/mol. The maximum absolute atomic E-state index is 2.33. The van der Waals surface area contributed by atoms with Gasteiger partial charge in [0.15, 0.2) is 0 Å². The van der Waals surface area contributed by atoms with E-state index in [1.54, 1.807) is 0 Å². The lowest BCUT2D eigenvalue weighted by atomic mass is 9.81. The van der Waals surface area contributed by atoms with Crippen molar-refractivity contribution in [3.05, 3.63) is 170 Å². The molecule has 0 aliphatic heterocycles. The Kier molecular flexibility index (Phi) is 5.61. The van der Waals surface area contributed by atoms with Crippen molar-refractivity contribution in [2.24, 2.45) is 0 Å². The minimum Gasteiger partial charge on any atom is -0.0616 e. The largest absolute Gasteiger partial charge is 0.0616 e. The molecule has 0 saturated carbocycles. The zero-order valence-corrected chi connectivity index (χ0v) is 24.2. The fourth-order valence-corrected chi connectivity index (χ4v) is 7.36. The van der Waals surface area contributed by atoms with Crippen molar-refractivity contribution in [2.45, 2.75) is 0 Å². The molecule has 44 heavy (non-hydrogen) atoms. The molecule has 0 radical (unpaired) electrons. The molecule has 9 aromatic carbocycles. The Morgan fingerprint density at radius 2 is 0.568 bits per heavy atom. The third-order valence-electron chi connectivity index (χ3n) is 9.25. The number of fused-ring (bicyclic) bond motifs is 5. The minimum absolute atomic E-state index is 1.25. The first-order valence-electron chi connectivity index (χ1n) is 15.3. The van der Waals surface area contributed by atoms with Gasteiger partial charge in [0.25, 0.3) is 0 Å². The van der Waals surface area contributed by atoms with E-state index in [1.807, 2.05) is 0 Å². The van der Waals surface area contributed by atoms with E-state index < -0.39 is 0 Å². The van der Waals surface area contributed by atoms with Gasteiger partial charge >= 0.3 is 0 Å². The summed E-state index contributed by atoms with van der Waals surface area (Å²) >= 11 is 0. The Morgan fingerprint density at radius 3 is 1.14 bits per heavy atom. The molecule has 9 aromatic rings. The molecule has 0 saturated heterocycles. The van der Waals surface area contributed by atoms with E-state index in [1.165, 1.54) is 87.2 Å². The Hall–Kier alpha value is -5.72. The predicted molar refractivity (Wildman–Crippen MR) is 190 cm³/mol. The second kappa shape index (κ2) is 9.93. The van der Waals surface area contributed by atoms with Gasteiger partial charge in [-0.05, 0) is 87.2 Å². The van der Waals surface area contributed by atoms with Gasteiger partial charge in [0.2, 0.25) is 0 Å². The van der Waals surface area contributed by atoms with Crippen LogP contribution in [0.15, 0.2) is 170 Å². The molecule has 0 heterocycles. The Balaban J connectivity index is 1.49. The van der Waals surface area contributed by atoms with Gasteiger partial charge in [-0.1, -0.05) is 170 Å². The monoisotopic (exact) mass is 556 g/mol. The molecule has 0 amide bonds. The third kappa shape index (κ3) is 3.71. The van der Waals surface area contributed by atoms with Crippen LogP contribution >= 0.6 is 0 Å². The van der Waals surface area contributed by atoms with Crippen LogP contribution in [0.4, 0.5) is 0 Å². The highest BCUT2D eigenvalue weighted by molar-refractivity contribution is 6.27. The first-order valence-corrected chi connectivity index (χ1v) is 15.3. The number of benzene rings is 9. The van der Waals surface area contributed by atoms with E-state index in [-0.39, 0.29) is 0 Å². The molecule has 0 atom stereocenters. The van der Waals surface area contributed by atoms with Crippen LogP contribution in [0.3, 0.4) is 0 Å². The highest BCUT2D eigenvalue weighted by Gasteiger charge is 2.22. The predicted octanol–water partition coefficient (Wildman–Crippen LogP) is 12.5. The molecule has 0 heteroatoms. The quantitative estimate of drug-likeness (QED) is 0.190. The Bertz CT molecular complexity index is 2480. The van der Waals surface area contributed by atoms with Gasteiger partial charge < -0.3 is 0 Å². The molecule has 0 unspecified atom stereocenters. The summed E-state index contributed by atoms with van der Waals surface area (Å²) in [6, 6.07) is 62.3. The number of hydrogen-bond acceptors (Lipinski definition) is 0. The van der Waals surface area contributed by atoms with E-state index >= 15 is 0 Å². The molecule has 0 nitrogen and oxygen atoms in total. The zero-order chi connectivity index (χ0) is 29.0. The van der Waals surface area contributed by atoms with Gasteiger partial charge in [-0.25, -0.2) is 0 Å². The fourth-order valence-electron chi connectivity index (χ4n) is 7.36.